The summed E-state index contributed by atoms with van der Waals surface area (Å²) in [6.45, 7) is 5.89. The SMILES string of the molecule is CCCNC(C1CCC(CC)CC1)C1CCCCS1. The second-order valence-electron chi connectivity index (χ2n) is 6.57. The highest BCUT2D eigenvalue weighted by Gasteiger charge is 2.32. The van der Waals surface area contributed by atoms with E-state index in [1.807, 2.05) is 0 Å². The third kappa shape index (κ3) is 4.67. The molecule has 112 valence electrons. The van der Waals surface area contributed by atoms with Crippen molar-refractivity contribution in [2.24, 2.45) is 11.8 Å². The smallest absolute Gasteiger partial charge is 0.0214 e. The zero-order valence-corrected chi connectivity index (χ0v) is 13.8. The molecule has 2 heteroatoms. The second-order valence-corrected chi connectivity index (χ2v) is 7.92. The number of nitrogens with one attached hydrogen (secondary N) is 1. The molecule has 0 aromatic heterocycles. The van der Waals surface area contributed by atoms with Crippen molar-refractivity contribution < 1.29 is 0 Å². The Morgan fingerprint density at radius 3 is 2.42 bits per heavy atom. The lowest BCUT2D eigenvalue weighted by atomic mass is 9.76. The first-order chi connectivity index (χ1) is 9.35. The molecular weight excluding hydrogens is 250 g/mol. The van der Waals surface area contributed by atoms with Gasteiger partial charge in [-0.25, -0.2) is 0 Å². The van der Waals surface area contributed by atoms with E-state index >= 15 is 0 Å². The van der Waals surface area contributed by atoms with E-state index in [0.29, 0.717) is 0 Å². The van der Waals surface area contributed by atoms with Crippen LogP contribution < -0.4 is 5.32 Å². The van der Waals surface area contributed by atoms with Crippen molar-refractivity contribution in [1.29, 1.82) is 0 Å². The van der Waals surface area contributed by atoms with E-state index in [0.717, 1.165) is 23.1 Å². The van der Waals surface area contributed by atoms with Gasteiger partial charge in [0.2, 0.25) is 0 Å². The van der Waals surface area contributed by atoms with Gasteiger partial charge in [0.1, 0.15) is 0 Å². The van der Waals surface area contributed by atoms with Gasteiger partial charge in [-0.15, -0.1) is 0 Å². The highest BCUT2D eigenvalue weighted by molar-refractivity contribution is 8.00. The van der Waals surface area contributed by atoms with E-state index in [-0.39, 0.29) is 0 Å². The van der Waals surface area contributed by atoms with Crippen LogP contribution in [0.15, 0.2) is 0 Å². The Labute approximate surface area is 124 Å². The summed E-state index contributed by atoms with van der Waals surface area (Å²) in [5.41, 5.74) is 0. The molecule has 1 aliphatic heterocycles. The largest absolute Gasteiger partial charge is 0.313 e. The first-order valence-electron chi connectivity index (χ1n) is 8.70. The summed E-state index contributed by atoms with van der Waals surface area (Å²) in [6, 6.07) is 0.808. The first kappa shape index (κ1) is 15.7. The lowest BCUT2D eigenvalue weighted by Crippen LogP contribution is -2.46. The quantitative estimate of drug-likeness (QED) is 0.747. The highest BCUT2D eigenvalue weighted by atomic mass is 32.2. The highest BCUT2D eigenvalue weighted by Crippen LogP contribution is 2.38. The minimum Gasteiger partial charge on any atom is -0.313 e. The molecule has 0 bridgehead atoms. The molecule has 2 rings (SSSR count). The fourth-order valence-corrected chi connectivity index (χ4v) is 5.45. The van der Waals surface area contributed by atoms with Gasteiger partial charge in [0.15, 0.2) is 0 Å². The molecule has 1 aliphatic carbocycles. The molecule has 2 unspecified atom stereocenters. The molecule has 2 atom stereocenters. The van der Waals surface area contributed by atoms with Gasteiger partial charge in [-0.1, -0.05) is 39.5 Å². The Bertz CT molecular complexity index is 229. The summed E-state index contributed by atoms with van der Waals surface area (Å²) in [4.78, 5) is 0. The molecule has 0 aromatic rings. The van der Waals surface area contributed by atoms with Crippen LogP contribution in [0.3, 0.4) is 0 Å². The number of thioether (sulfide) groups is 1. The summed E-state index contributed by atoms with van der Waals surface area (Å²) >= 11 is 2.26. The average Bonchev–Trinajstić information content (AvgIpc) is 2.49. The first-order valence-corrected chi connectivity index (χ1v) is 9.75. The zero-order valence-electron chi connectivity index (χ0n) is 13.0. The third-order valence-electron chi connectivity index (χ3n) is 5.22. The van der Waals surface area contributed by atoms with E-state index < -0.39 is 0 Å². The molecule has 0 amide bonds. The molecule has 1 saturated carbocycles. The van der Waals surface area contributed by atoms with Crippen LogP contribution in [0.25, 0.3) is 0 Å². The van der Waals surface area contributed by atoms with Crippen molar-refractivity contribution in [2.45, 2.75) is 82.9 Å². The predicted octanol–water partition coefficient (Wildman–Crippen LogP) is 4.86. The molecule has 19 heavy (non-hydrogen) atoms. The van der Waals surface area contributed by atoms with Crippen LogP contribution in [-0.2, 0) is 0 Å². The van der Waals surface area contributed by atoms with Crippen molar-refractivity contribution in [3.05, 3.63) is 0 Å². The Morgan fingerprint density at radius 1 is 1.05 bits per heavy atom. The molecule has 2 aliphatic rings. The van der Waals surface area contributed by atoms with Crippen LogP contribution in [0.2, 0.25) is 0 Å². The number of rotatable bonds is 6. The number of hydrogen-bond donors (Lipinski definition) is 1. The van der Waals surface area contributed by atoms with Crippen LogP contribution in [-0.4, -0.2) is 23.6 Å². The summed E-state index contributed by atoms with van der Waals surface area (Å²) in [7, 11) is 0. The minimum atomic E-state index is 0.808. The summed E-state index contributed by atoms with van der Waals surface area (Å²) < 4.78 is 0. The summed E-state index contributed by atoms with van der Waals surface area (Å²) in [5, 5.41) is 4.83. The Kier molecular flexibility index (Phi) is 7.07. The maximum atomic E-state index is 3.92. The minimum absolute atomic E-state index is 0.808. The van der Waals surface area contributed by atoms with E-state index in [1.165, 1.54) is 70.1 Å². The molecule has 1 heterocycles. The van der Waals surface area contributed by atoms with Crippen LogP contribution >= 0.6 is 11.8 Å². The molecule has 2 fully saturated rings. The molecule has 0 spiro atoms. The van der Waals surface area contributed by atoms with Gasteiger partial charge in [0.05, 0.1) is 0 Å². The zero-order chi connectivity index (χ0) is 13.5. The van der Waals surface area contributed by atoms with E-state index in [1.54, 1.807) is 0 Å². The molecule has 0 radical (unpaired) electrons. The van der Waals surface area contributed by atoms with Crippen LogP contribution in [0.5, 0.6) is 0 Å². The third-order valence-corrected chi connectivity index (χ3v) is 6.70. The van der Waals surface area contributed by atoms with E-state index in [9.17, 15) is 0 Å². The van der Waals surface area contributed by atoms with E-state index in [2.05, 4.69) is 30.9 Å². The summed E-state index contributed by atoms with van der Waals surface area (Å²) in [5.74, 6) is 3.39. The van der Waals surface area contributed by atoms with Crippen molar-refractivity contribution in [3.63, 3.8) is 0 Å². The van der Waals surface area contributed by atoms with Crippen molar-refractivity contribution in [2.75, 3.05) is 12.3 Å². The molecule has 1 saturated heterocycles. The lowest BCUT2D eigenvalue weighted by Gasteiger charge is -2.39. The van der Waals surface area contributed by atoms with Gasteiger partial charge < -0.3 is 5.32 Å². The van der Waals surface area contributed by atoms with Crippen LogP contribution in [0, 0.1) is 11.8 Å². The summed E-state index contributed by atoms with van der Waals surface area (Å²) in [6.07, 6.45) is 13.0. The fraction of sp³-hybridized carbons (Fsp3) is 1.00. The van der Waals surface area contributed by atoms with Gasteiger partial charge in [-0.05, 0) is 56.2 Å². The number of hydrogen-bond acceptors (Lipinski definition) is 2. The van der Waals surface area contributed by atoms with Gasteiger partial charge in [0.25, 0.3) is 0 Å². The standard InChI is InChI=1S/C17H33NS/c1-3-12-18-17(16-7-5-6-13-19-16)15-10-8-14(4-2)9-11-15/h14-18H,3-13H2,1-2H3. The van der Waals surface area contributed by atoms with Gasteiger partial charge >= 0.3 is 0 Å². The van der Waals surface area contributed by atoms with Crippen LogP contribution in [0.1, 0.15) is 71.6 Å². The monoisotopic (exact) mass is 283 g/mol. The van der Waals surface area contributed by atoms with Crippen molar-refractivity contribution in [1.82, 2.24) is 5.32 Å². The topological polar surface area (TPSA) is 12.0 Å². The fourth-order valence-electron chi connectivity index (χ4n) is 3.92. The van der Waals surface area contributed by atoms with Gasteiger partial charge in [-0.2, -0.15) is 11.8 Å². The molecular formula is C17H33NS. The molecule has 0 aromatic carbocycles. The Morgan fingerprint density at radius 2 is 1.84 bits per heavy atom. The van der Waals surface area contributed by atoms with Crippen molar-refractivity contribution >= 4 is 11.8 Å². The van der Waals surface area contributed by atoms with Gasteiger partial charge in [0, 0.05) is 11.3 Å². The predicted molar refractivity (Wildman–Crippen MR) is 87.9 cm³/mol. The maximum absolute atomic E-state index is 3.92. The Hall–Kier alpha value is 0.310. The Balaban J connectivity index is 1.88. The average molecular weight is 284 g/mol. The lowest BCUT2D eigenvalue weighted by molar-refractivity contribution is 0.211. The van der Waals surface area contributed by atoms with Gasteiger partial charge in [-0.3, -0.25) is 0 Å². The normalized spacial score (nSPS) is 34.1. The van der Waals surface area contributed by atoms with Crippen LogP contribution in [0.4, 0.5) is 0 Å². The molecule has 1 nitrogen and oxygen atoms in total. The molecule has 1 N–H and O–H groups in total. The van der Waals surface area contributed by atoms with Crippen molar-refractivity contribution in [3.8, 4) is 0 Å². The second kappa shape index (κ2) is 8.56. The maximum Gasteiger partial charge on any atom is 0.0214 e. The van der Waals surface area contributed by atoms with E-state index in [4.69, 9.17) is 0 Å².